The summed E-state index contributed by atoms with van der Waals surface area (Å²) < 4.78 is 7.42. The van der Waals surface area contributed by atoms with Gasteiger partial charge in [0.1, 0.15) is 11.9 Å². The SMILES string of the molecule is CCc1cc(CN(C)C(=O)[C@@H](CC)n2c(CC)nc3ccccc32)on1. The summed E-state index contributed by atoms with van der Waals surface area (Å²) in [7, 11) is 1.81. The van der Waals surface area contributed by atoms with E-state index in [1.165, 1.54) is 0 Å². The third-order valence-electron chi connectivity index (χ3n) is 4.71. The van der Waals surface area contributed by atoms with E-state index in [4.69, 9.17) is 9.51 Å². The van der Waals surface area contributed by atoms with Crippen LogP contribution in [0, 0.1) is 0 Å². The molecule has 0 saturated heterocycles. The summed E-state index contributed by atoms with van der Waals surface area (Å²) >= 11 is 0. The van der Waals surface area contributed by atoms with Crippen LogP contribution in [0.15, 0.2) is 34.9 Å². The molecule has 0 aliphatic carbocycles. The van der Waals surface area contributed by atoms with Gasteiger partial charge < -0.3 is 14.0 Å². The Labute approximate surface area is 153 Å². The molecular weight excluding hydrogens is 328 g/mol. The van der Waals surface area contributed by atoms with Crippen LogP contribution in [0.25, 0.3) is 11.0 Å². The summed E-state index contributed by atoms with van der Waals surface area (Å²) in [5.41, 5.74) is 2.84. The molecule has 0 unspecified atom stereocenters. The average Bonchev–Trinajstić information content (AvgIpc) is 3.26. The molecule has 0 saturated carbocycles. The topological polar surface area (TPSA) is 64.2 Å². The van der Waals surface area contributed by atoms with Gasteiger partial charge >= 0.3 is 0 Å². The van der Waals surface area contributed by atoms with Crippen molar-refractivity contribution >= 4 is 16.9 Å². The molecule has 6 nitrogen and oxygen atoms in total. The van der Waals surface area contributed by atoms with Crippen LogP contribution in [-0.4, -0.2) is 32.6 Å². The van der Waals surface area contributed by atoms with Gasteiger partial charge in [-0.25, -0.2) is 4.98 Å². The van der Waals surface area contributed by atoms with Crippen LogP contribution < -0.4 is 0 Å². The van der Waals surface area contributed by atoms with Crippen molar-refractivity contribution in [2.75, 3.05) is 7.05 Å². The molecule has 1 aromatic carbocycles. The molecular formula is C20H26N4O2. The number of nitrogens with zero attached hydrogens (tertiary/aromatic N) is 4. The lowest BCUT2D eigenvalue weighted by molar-refractivity contribution is -0.134. The fourth-order valence-corrected chi connectivity index (χ4v) is 3.32. The highest BCUT2D eigenvalue weighted by Gasteiger charge is 2.26. The number of fused-ring (bicyclic) bond motifs is 1. The number of amides is 1. The number of para-hydroxylation sites is 2. The highest BCUT2D eigenvalue weighted by atomic mass is 16.5. The van der Waals surface area contributed by atoms with Gasteiger partial charge in [-0.3, -0.25) is 4.79 Å². The fourth-order valence-electron chi connectivity index (χ4n) is 3.32. The number of likely N-dealkylation sites (N-methyl/N-ethyl adjacent to an activating group) is 1. The minimum absolute atomic E-state index is 0.0554. The maximum atomic E-state index is 13.2. The van der Waals surface area contributed by atoms with Gasteiger partial charge in [-0.1, -0.05) is 38.1 Å². The number of imidazole rings is 1. The number of aryl methyl sites for hydroxylation is 2. The molecule has 138 valence electrons. The lowest BCUT2D eigenvalue weighted by atomic mass is 10.1. The van der Waals surface area contributed by atoms with Crippen LogP contribution in [0.4, 0.5) is 0 Å². The number of rotatable bonds is 7. The molecule has 0 spiro atoms. The number of aromatic nitrogens is 3. The minimum atomic E-state index is -0.282. The lowest BCUT2D eigenvalue weighted by Crippen LogP contribution is -2.34. The molecule has 6 heteroatoms. The molecule has 3 rings (SSSR count). The summed E-state index contributed by atoms with van der Waals surface area (Å²) in [5, 5.41) is 4.00. The number of carbonyl (C=O) groups is 1. The standard InChI is InChI=1S/C20H26N4O2/c1-5-14-12-15(26-22-14)13-23(4)20(25)17(6-2)24-18-11-9-8-10-16(18)21-19(24)7-3/h8-12,17H,5-7,13H2,1-4H3/t17-/m1/s1. The van der Waals surface area contributed by atoms with E-state index in [1.807, 2.05) is 51.2 Å². The average molecular weight is 354 g/mol. The predicted octanol–water partition coefficient (Wildman–Crippen LogP) is 3.76. The fraction of sp³-hybridized carbons (Fsp3) is 0.450. The molecule has 0 aliphatic rings. The summed E-state index contributed by atoms with van der Waals surface area (Å²) in [6.07, 6.45) is 2.30. The molecule has 3 aromatic rings. The molecule has 0 fully saturated rings. The van der Waals surface area contributed by atoms with Crippen molar-refractivity contribution < 1.29 is 9.32 Å². The second-order valence-corrected chi connectivity index (χ2v) is 6.50. The van der Waals surface area contributed by atoms with Crippen molar-refractivity contribution in [2.24, 2.45) is 0 Å². The van der Waals surface area contributed by atoms with E-state index >= 15 is 0 Å². The van der Waals surface area contributed by atoms with Gasteiger partial charge in [0, 0.05) is 19.5 Å². The van der Waals surface area contributed by atoms with E-state index in [2.05, 4.69) is 16.6 Å². The van der Waals surface area contributed by atoms with Crippen molar-refractivity contribution in [3.8, 4) is 0 Å². The first-order valence-electron chi connectivity index (χ1n) is 9.24. The first-order chi connectivity index (χ1) is 12.6. The predicted molar refractivity (Wildman–Crippen MR) is 101 cm³/mol. The molecule has 1 amide bonds. The van der Waals surface area contributed by atoms with E-state index in [9.17, 15) is 4.79 Å². The van der Waals surface area contributed by atoms with Crippen LogP contribution in [0.3, 0.4) is 0 Å². The van der Waals surface area contributed by atoms with Crippen LogP contribution >= 0.6 is 0 Å². The third kappa shape index (κ3) is 3.36. The Balaban J connectivity index is 1.89. The Hall–Kier alpha value is -2.63. The Kier molecular flexibility index (Phi) is 5.40. The van der Waals surface area contributed by atoms with Gasteiger partial charge in [-0.2, -0.15) is 0 Å². The summed E-state index contributed by atoms with van der Waals surface area (Å²) in [4.78, 5) is 19.6. The van der Waals surface area contributed by atoms with Crippen LogP contribution in [0.5, 0.6) is 0 Å². The normalized spacial score (nSPS) is 12.5. The molecule has 1 atom stereocenters. The zero-order chi connectivity index (χ0) is 18.7. The zero-order valence-electron chi connectivity index (χ0n) is 15.9. The highest BCUT2D eigenvalue weighted by molar-refractivity contribution is 5.84. The van der Waals surface area contributed by atoms with Gasteiger partial charge in [0.05, 0.1) is 23.3 Å². The molecule has 0 N–H and O–H groups in total. The highest BCUT2D eigenvalue weighted by Crippen LogP contribution is 2.25. The number of hydrogen-bond donors (Lipinski definition) is 0. The zero-order valence-corrected chi connectivity index (χ0v) is 15.9. The smallest absolute Gasteiger partial charge is 0.245 e. The maximum absolute atomic E-state index is 13.2. The lowest BCUT2D eigenvalue weighted by Gasteiger charge is -2.25. The van der Waals surface area contributed by atoms with Crippen molar-refractivity contribution in [1.29, 1.82) is 0 Å². The maximum Gasteiger partial charge on any atom is 0.245 e. The van der Waals surface area contributed by atoms with E-state index in [0.717, 1.165) is 35.4 Å². The second-order valence-electron chi connectivity index (χ2n) is 6.50. The van der Waals surface area contributed by atoms with E-state index in [-0.39, 0.29) is 11.9 Å². The van der Waals surface area contributed by atoms with Crippen molar-refractivity contribution in [3.05, 3.63) is 47.6 Å². The van der Waals surface area contributed by atoms with Gasteiger partial charge in [0.2, 0.25) is 5.91 Å². The van der Waals surface area contributed by atoms with Gasteiger partial charge in [-0.05, 0) is 25.0 Å². The third-order valence-corrected chi connectivity index (χ3v) is 4.71. The summed E-state index contributed by atoms with van der Waals surface area (Å²) in [6.45, 7) is 6.55. The van der Waals surface area contributed by atoms with Crippen LogP contribution in [-0.2, 0) is 24.2 Å². The van der Waals surface area contributed by atoms with E-state index < -0.39 is 0 Å². The number of carbonyl (C=O) groups excluding carboxylic acids is 1. The molecule has 0 aliphatic heterocycles. The monoisotopic (exact) mass is 354 g/mol. The van der Waals surface area contributed by atoms with E-state index in [0.29, 0.717) is 18.7 Å². The quantitative estimate of drug-likeness (QED) is 0.648. The second kappa shape index (κ2) is 7.72. The molecule has 0 bridgehead atoms. The van der Waals surface area contributed by atoms with Crippen LogP contribution in [0.2, 0.25) is 0 Å². The first-order valence-corrected chi connectivity index (χ1v) is 9.24. The molecule has 2 aromatic heterocycles. The van der Waals surface area contributed by atoms with Gasteiger partial charge in [0.15, 0.2) is 5.76 Å². The molecule has 26 heavy (non-hydrogen) atoms. The Bertz CT molecular complexity index is 896. The number of benzene rings is 1. The van der Waals surface area contributed by atoms with Crippen molar-refractivity contribution in [1.82, 2.24) is 19.6 Å². The summed E-state index contributed by atoms with van der Waals surface area (Å²) in [6, 6.07) is 9.62. The molecule has 0 radical (unpaired) electrons. The van der Waals surface area contributed by atoms with Crippen molar-refractivity contribution in [2.45, 2.75) is 52.6 Å². The largest absolute Gasteiger partial charge is 0.359 e. The summed E-state index contributed by atoms with van der Waals surface area (Å²) in [5.74, 6) is 1.70. The number of hydrogen-bond acceptors (Lipinski definition) is 4. The first kappa shape index (κ1) is 18.2. The molecule has 2 heterocycles. The van der Waals surface area contributed by atoms with Gasteiger partial charge in [0.25, 0.3) is 0 Å². The van der Waals surface area contributed by atoms with Crippen molar-refractivity contribution in [3.63, 3.8) is 0 Å². The Morgan fingerprint density at radius 3 is 2.65 bits per heavy atom. The minimum Gasteiger partial charge on any atom is -0.359 e. The van der Waals surface area contributed by atoms with E-state index in [1.54, 1.807) is 4.90 Å². The van der Waals surface area contributed by atoms with Crippen LogP contribution in [0.1, 0.15) is 50.5 Å². The Morgan fingerprint density at radius 2 is 2.00 bits per heavy atom. The van der Waals surface area contributed by atoms with Gasteiger partial charge in [-0.15, -0.1) is 0 Å². The Morgan fingerprint density at radius 1 is 1.23 bits per heavy atom.